The van der Waals surface area contributed by atoms with Crippen LogP contribution in [-0.4, -0.2) is 25.9 Å². The normalized spacial score (nSPS) is 13.7. The number of aliphatic hydroxyl groups excluding tert-OH is 1. The predicted molar refractivity (Wildman–Crippen MR) is 78.9 cm³/mol. The highest BCUT2D eigenvalue weighted by molar-refractivity contribution is 7.90. The second-order valence-corrected chi connectivity index (χ2v) is 7.77. The Kier molecular flexibility index (Phi) is 6.01. The maximum atomic E-state index is 11.6. The lowest BCUT2D eigenvalue weighted by Gasteiger charge is -2.14. The minimum Gasteiger partial charge on any atom is -0.395 e. The molecule has 1 atom stereocenters. The van der Waals surface area contributed by atoms with Crippen LogP contribution >= 0.6 is 0 Å². The lowest BCUT2D eigenvalue weighted by molar-refractivity contribution is 0.319. The van der Waals surface area contributed by atoms with Crippen LogP contribution in [0, 0.1) is 5.92 Å². The van der Waals surface area contributed by atoms with Crippen molar-refractivity contribution in [3.63, 3.8) is 0 Å². The van der Waals surface area contributed by atoms with E-state index in [4.69, 9.17) is 5.11 Å². The standard InChI is InChI=1S/C15H24O3S/c1-12(2)10-13(3)15-6-4-14(5-7-15)11-19(17,18)9-8-16/h4-7,12-13,16H,8-11H2,1-3H3. The van der Waals surface area contributed by atoms with Crippen LogP contribution in [0.15, 0.2) is 24.3 Å². The average molecular weight is 284 g/mol. The van der Waals surface area contributed by atoms with Gasteiger partial charge >= 0.3 is 0 Å². The second-order valence-electron chi connectivity index (χ2n) is 5.59. The van der Waals surface area contributed by atoms with Crippen molar-refractivity contribution in [2.45, 2.75) is 38.9 Å². The number of aliphatic hydroxyl groups is 1. The summed E-state index contributed by atoms with van der Waals surface area (Å²) < 4.78 is 23.2. The molecule has 19 heavy (non-hydrogen) atoms. The largest absolute Gasteiger partial charge is 0.395 e. The van der Waals surface area contributed by atoms with E-state index in [0.29, 0.717) is 11.8 Å². The van der Waals surface area contributed by atoms with Gasteiger partial charge in [0.1, 0.15) is 0 Å². The Morgan fingerprint density at radius 2 is 1.68 bits per heavy atom. The molecule has 0 spiro atoms. The highest BCUT2D eigenvalue weighted by atomic mass is 32.2. The van der Waals surface area contributed by atoms with Crippen molar-refractivity contribution in [3.8, 4) is 0 Å². The molecule has 4 heteroatoms. The number of hydrogen-bond donors (Lipinski definition) is 1. The van der Waals surface area contributed by atoms with Crippen molar-refractivity contribution in [2.24, 2.45) is 5.92 Å². The van der Waals surface area contributed by atoms with E-state index in [1.807, 2.05) is 24.3 Å². The first kappa shape index (κ1) is 16.2. The first-order chi connectivity index (χ1) is 8.84. The lowest BCUT2D eigenvalue weighted by atomic mass is 9.92. The third kappa shape index (κ3) is 5.74. The van der Waals surface area contributed by atoms with Gasteiger partial charge in [0.2, 0.25) is 0 Å². The molecule has 0 aromatic heterocycles. The van der Waals surface area contributed by atoms with Gasteiger partial charge in [-0.1, -0.05) is 45.0 Å². The Labute approximate surface area is 116 Å². The molecule has 0 aliphatic rings. The first-order valence-electron chi connectivity index (χ1n) is 6.74. The van der Waals surface area contributed by atoms with E-state index >= 15 is 0 Å². The molecule has 0 amide bonds. The van der Waals surface area contributed by atoms with Crippen LogP contribution in [0.4, 0.5) is 0 Å². The molecule has 3 nitrogen and oxygen atoms in total. The SMILES string of the molecule is CC(C)CC(C)c1ccc(CS(=O)(=O)CCO)cc1. The van der Waals surface area contributed by atoms with E-state index in [1.165, 1.54) is 5.56 Å². The molecule has 0 aliphatic carbocycles. The summed E-state index contributed by atoms with van der Waals surface area (Å²) >= 11 is 0. The fraction of sp³-hybridized carbons (Fsp3) is 0.600. The van der Waals surface area contributed by atoms with Gasteiger partial charge in [0.15, 0.2) is 9.84 Å². The van der Waals surface area contributed by atoms with Crippen molar-refractivity contribution < 1.29 is 13.5 Å². The van der Waals surface area contributed by atoms with Gasteiger partial charge in [-0.25, -0.2) is 8.42 Å². The molecular weight excluding hydrogens is 260 g/mol. The maximum Gasteiger partial charge on any atom is 0.156 e. The van der Waals surface area contributed by atoms with Crippen molar-refractivity contribution in [2.75, 3.05) is 12.4 Å². The Hall–Kier alpha value is -0.870. The smallest absolute Gasteiger partial charge is 0.156 e. The molecule has 0 bridgehead atoms. The van der Waals surface area contributed by atoms with Crippen molar-refractivity contribution in [1.82, 2.24) is 0 Å². The first-order valence-corrected chi connectivity index (χ1v) is 8.56. The summed E-state index contributed by atoms with van der Waals surface area (Å²) in [5, 5.41) is 8.70. The topological polar surface area (TPSA) is 54.4 Å². The van der Waals surface area contributed by atoms with Crippen LogP contribution < -0.4 is 0 Å². The van der Waals surface area contributed by atoms with Crippen molar-refractivity contribution in [3.05, 3.63) is 35.4 Å². The minimum atomic E-state index is -3.19. The van der Waals surface area contributed by atoms with Crippen LogP contribution in [0.1, 0.15) is 44.2 Å². The molecule has 0 aliphatic heterocycles. The zero-order valence-electron chi connectivity index (χ0n) is 12.0. The Bertz CT molecular complexity index is 475. The van der Waals surface area contributed by atoms with E-state index < -0.39 is 9.84 Å². The van der Waals surface area contributed by atoms with Crippen LogP contribution in [0.2, 0.25) is 0 Å². The van der Waals surface area contributed by atoms with Crippen molar-refractivity contribution >= 4 is 9.84 Å². The summed E-state index contributed by atoms with van der Waals surface area (Å²) in [5.41, 5.74) is 2.03. The third-order valence-corrected chi connectivity index (χ3v) is 4.74. The minimum absolute atomic E-state index is 0.00635. The second kappa shape index (κ2) is 7.06. The van der Waals surface area contributed by atoms with Gasteiger partial charge in [0, 0.05) is 0 Å². The molecule has 108 valence electrons. The fourth-order valence-electron chi connectivity index (χ4n) is 2.25. The molecule has 0 heterocycles. The summed E-state index contributed by atoms with van der Waals surface area (Å²) in [7, 11) is -3.19. The molecule has 1 aromatic rings. The molecule has 1 N–H and O–H groups in total. The molecule has 1 aromatic carbocycles. The van der Waals surface area contributed by atoms with Gasteiger partial charge in [-0.3, -0.25) is 0 Å². The molecular formula is C15H24O3S. The quantitative estimate of drug-likeness (QED) is 0.837. The van der Waals surface area contributed by atoms with Crippen LogP contribution in [-0.2, 0) is 15.6 Å². The number of benzene rings is 1. The number of rotatable bonds is 7. The van der Waals surface area contributed by atoms with Crippen LogP contribution in [0.25, 0.3) is 0 Å². The summed E-state index contributed by atoms with van der Waals surface area (Å²) in [6, 6.07) is 7.77. The third-order valence-electron chi connectivity index (χ3n) is 3.16. The van der Waals surface area contributed by atoms with Crippen LogP contribution in [0.3, 0.4) is 0 Å². The summed E-state index contributed by atoms with van der Waals surface area (Å²) in [5.74, 6) is 0.980. The average Bonchev–Trinajstić information content (AvgIpc) is 2.28. The fourth-order valence-corrected chi connectivity index (χ4v) is 3.37. The van der Waals surface area contributed by atoms with Gasteiger partial charge in [0.05, 0.1) is 18.1 Å². The van der Waals surface area contributed by atoms with Gasteiger partial charge in [-0.2, -0.15) is 0 Å². The maximum absolute atomic E-state index is 11.6. The molecule has 1 unspecified atom stereocenters. The summed E-state index contributed by atoms with van der Waals surface area (Å²) in [6.07, 6.45) is 1.13. The van der Waals surface area contributed by atoms with Gasteiger partial charge < -0.3 is 5.11 Å². The lowest BCUT2D eigenvalue weighted by Crippen LogP contribution is -2.12. The zero-order chi connectivity index (χ0) is 14.5. The molecule has 0 radical (unpaired) electrons. The Morgan fingerprint density at radius 3 is 2.16 bits per heavy atom. The van der Waals surface area contributed by atoms with E-state index in [1.54, 1.807) is 0 Å². The molecule has 1 rings (SSSR count). The highest BCUT2D eigenvalue weighted by Gasteiger charge is 2.12. The molecule has 0 fully saturated rings. The Balaban J connectivity index is 2.71. The van der Waals surface area contributed by atoms with Gasteiger partial charge in [-0.05, 0) is 29.4 Å². The number of hydrogen-bond acceptors (Lipinski definition) is 3. The monoisotopic (exact) mass is 284 g/mol. The van der Waals surface area contributed by atoms with Gasteiger partial charge in [-0.15, -0.1) is 0 Å². The highest BCUT2D eigenvalue weighted by Crippen LogP contribution is 2.23. The van der Waals surface area contributed by atoms with Crippen LogP contribution in [0.5, 0.6) is 0 Å². The van der Waals surface area contributed by atoms with Crippen molar-refractivity contribution in [1.29, 1.82) is 0 Å². The van der Waals surface area contributed by atoms with E-state index in [9.17, 15) is 8.42 Å². The summed E-state index contributed by atoms with van der Waals surface area (Å²) in [4.78, 5) is 0. The molecule has 0 saturated carbocycles. The zero-order valence-corrected chi connectivity index (χ0v) is 12.8. The Morgan fingerprint density at radius 1 is 1.11 bits per heavy atom. The predicted octanol–water partition coefficient (Wildman–Crippen LogP) is 2.74. The number of sulfone groups is 1. The summed E-state index contributed by atoms with van der Waals surface area (Å²) in [6.45, 7) is 6.28. The van der Waals surface area contributed by atoms with Gasteiger partial charge in [0.25, 0.3) is 0 Å². The van der Waals surface area contributed by atoms with E-state index in [-0.39, 0.29) is 18.1 Å². The van der Waals surface area contributed by atoms with E-state index in [0.717, 1.165) is 12.0 Å². The van der Waals surface area contributed by atoms with E-state index in [2.05, 4.69) is 20.8 Å². The molecule has 0 saturated heterocycles.